The predicted octanol–water partition coefficient (Wildman–Crippen LogP) is 0.982. The van der Waals surface area contributed by atoms with Gasteiger partial charge in [0.05, 0.1) is 63.9 Å². The Labute approximate surface area is 153 Å². The molecule has 0 radical (unpaired) electrons. The van der Waals surface area contributed by atoms with E-state index >= 15 is 0 Å². The molecule has 1 aliphatic heterocycles. The van der Waals surface area contributed by atoms with E-state index in [-0.39, 0.29) is 31.6 Å². The van der Waals surface area contributed by atoms with Gasteiger partial charge in [0.15, 0.2) is 0 Å². The third kappa shape index (κ3) is 5.93. The summed E-state index contributed by atoms with van der Waals surface area (Å²) in [5.41, 5.74) is 0.899. The van der Waals surface area contributed by atoms with Gasteiger partial charge in [0.25, 0.3) is 11.8 Å². The van der Waals surface area contributed by atoms with Crippen LogP contribution in [0, 0.1) is 12.3 Å². The third-order valence-electron chi connectivity index (χ3n) is 3.64. The van der Waals surface area contributed by atoms with E-state index in [9.17, 15) is 9.59 Å². The molecule has 2 rings (SSSR count). The van der Waals surface area contributed by atoms with Crippen LogP contribution in [0.25, 0.3) is 0 Å². The molecule has 26 heavy (non-hydrogen) atoms. The molecule has 2 amide bonds. The zero-order chi connectivity index (χ0) is 18.6. The molecule has 0 unspecified atom stereocenters. The van der Waals surface area contributed by atoms with Crippen LogP contribution in [0.2, 0.25) is 0 Å². The molecule has 1 aromatic carbocycles. The normalized spacial score (nSPS) is 13.1. The van der Waals surface area contributed by atoms with Crippen LogP contribution in [0.4, 0.5) is 0 Å². The Bertz CT molecular complexity index is 604. The highest BCUT2D eigenvalue weighted by atomic mass is 16.6. The van der Waals surface area contributed by atoms with E-state index in [2.05, 4.69) is 5.92 Å². The molecule has 0 fully saturated rings. The summed E-state index contributed by atoms with van der Waals surface area (Å²) in [6, 6.07) is 6.81. The zero-order valence-electron chi connectivity index (χ0n) is 14.6. The third-order valence-corrected chi connectivity index (χ3v) is 3.64. The van der Waals surface area contributed by atoms with Crippen LogP contribution in [0.5, 0.6) is 0 Å². The van der Waals surface area contributed by atoms with Crippen molar-refractivity contribution in [1.29, 1.82) is 0 Å². The van der Waals surface area contributed by atoms with Gasteiger partial charge in [-0.1, -0.05) is 18.1 Å². The lowest BCUT2D eigenvalue weighted by Gasteiger charge is -2.13. The fourth-order valence-corrected chi connectivity index (χ4v) is 2.39. The van der Waals surface area contributed by atoms with Crippen LogP contribution in [-0.2, 0) is 18.9 Å². The van der Waals surface area contributed by atoms with Gasteiger partial charge in [-0.05, 0) is 12.1 Å². The first-order valence-corrected chi connectivity index (χ1v) is 8.45. The SMILES string of the molecule is C#CCOCCOCCOCCOCCN1C(=O)c2ccccc2C1=O. The van der Waals surface area contributed by atoms with Crippen LogP contribution in [-0.4, -0.2) is 76.1 Å². The summed E-state index contributed by atoms with van der Waals surface area (Å²) in [7, 11) is 0. The number of hydrogen-bond acceptors (Lipinski definition) is 6. The maximum Gasteiger partial charge on any atom is 0.261 e. The lowest BCUT2D eigenvalue weighted by atomic mass is 10.1. The predicted molar refractivity (Wildman–Crippen MR) is 93.9 cm³/mol. The van der Waals surface area contributed by atoms with Crippen molar-refractivity contribution in [3.05, 3.63) is 35.4 Å². The molecule has 1 aromatic rings. The molecule has 140 valence electrons. The van der Waals surface area contributed by atoms with Crippen molar-refractivity contribution < 1.29 is 28.5 Å². The first-order chi connectivity index (χ1) is 12.8. The van der Waals surface area contributed by atoms with E-state index in [1.54, 1.807) is 24.3 Å². The standard InChI is InChI=1S/C19H23NO6/c1-2-8-23-10-12-25-14-15-26-13-11-24-9-7-20-18(21)16-5-3-4-6-17(16)19(20)22/h1,3-6H,7-15H2. The Kier molecular flexibility index (Phi) is 8.79. The number of amides is 2. The first-order valence-electron chi connectivity index (χ1n) is 8.45. The van der Waals surface area contributed by atoms with E-state index in [0.717, 1.165) is 0 Å². The van der Waals surface area contributed by atoms with Crippen molar-refractivity contribution in [3.63, 3.8) is 0 Å². The van der Waals surface area contributed by atoms with Crippen LogP contribution in [0.1, 0.15) is 20.7 Å². The molecule has 0 aromatic heterocycles. The zero-order valence-corrected chi connectivity index (χ0v) is 14.6. The molecule has 1 heterocycles. The fraction of sp³-hybridized carbons (Fsp3) is 0.474. The maximum absolute atomic E-state index is 12.1. The van der Waals surface area contributed by atoms with Crippen LogP contribution in [0.15, 0.2) is 24.3 Å². The highest BCUT2D eigenvalue weighted by molar-refractivity contribution is 6.21. The Morgan fingerprint density at radius 1 is 0.769 bits per heavy atom. The van der Waals surface area contributed by atoms with Gasteiger partial charge in [0.2, 0.25) is 0 Å². The van der Waals surface area contributed by atoms with Gasteiger partial charge in [0.1, 0.15) is 6.61 Å². The minimum atomic E-state index is -0.270. The van der Waals surface area contributed by atoms with Crippen LogP contribution < -0.4 is 0 Å². The average Bonchev–Trinajstić information content (AvgIpc) is 2.90. The second-order valence-electron chi connectivity index (χ2n) is 5.40. The molecule has 7 nitrogen and oxygen atoms in total. The van der Waals surface area contributed by atoms with Gasteiger partial charge < -0.3 is 18.9 Å². The van der Waals surface area contributed by atoms with Crippen molar-refractivity contribution >= 4 is 11.8 Å². The maximum atomic E-state index is 12.1. The number of ether oxygens (including phenoxy) is 4. The molecule has 1 aliphatic rings. The summed E-state index contributed by atoms with van der Waals surface area (Å²) in [6.45, 7) is 3.45. The number of fused-ring (bicyclic) bond motifs is 1. The second kappa shape index (κ2) is 11.4. The van der Waals surface area contributed by atoms with E-state index in [0.29, 0.717) is 50.8 Å². The van der Waals surface area contributed by atoms with Crippen molar-refractivity contribution in [2.75, 3.05) is 59.4 Å². The van der Waals surface area contributed by atoms with E-state index in [4.69, 9.17) is 25.4 Å². The molecule has 0 N–H and O–H groups in total. The Hall–Kier alpha value is -2.24. The highest BCUT2D eigenvalue weighted by Gasteiger charge is 2.34. The number of benzene rings is 1. The van der Waals surface area contributed by atoms with Gasteiger partial charge >= 0.3 is 0 Å². The van der Waals surface area contributed by atoms with Crippen molar-refractivity contribution in [2.45, 2.75) is 0 Å². The van der Waals surface area contributed by atoms with Crippen molar-refractivity contribution in [2.24, 2.45) is 0 Å². The van der Waals surface area contributed by atoms with Gasteiger partial charge in [-0.25, -0.2) is 0 Å². The topological polar surface area (TPSA) is 74.3 Å². The summed E-state index contributed by atoms with van der Waals surface area (Å²) in [5, 5.41) is 0. The molecule has 0 saturated heterocycles. The minimum Gasteiger partial charge on any atom is -0.377 e. The minimum absolute atomic E-state index is 0.229. The molecular weight excluding hydrogens is 338 g/mol. The average molecular weight is 361 g/mol. The molecule has 0 saturated carbocycles. The molecule has 0 aliphatic carbocycles. The number of carbonyl (C=O) groups is 2. The second-order valence-corrected chi connectivity index (χ2v) is 5.40. The smallest absolute Gasteiger partial charge is 0.261 e. The van der Waals surface area contributed by atoms with Crippen LogP contribution in [0.3, 0.4) is 0 Å². The molecule has 7 heteroatoms. The Morgan fingerprint density at radius 2 is 1.23 bits per heavy atom. The van der Waals surface area contributed by atoms with Crippen molar-refractivity contribution in [3.8, 4) is 12.3 Å². The van der Waals surface area contributed by atoms with Gasteiger partial charge in [-0.15, -0.1) is 6.42 Å². The van der Waals surface area contributed by atoms with Gasteiger partial charge in [0, 0.05) is 0 Å². The number of nitrogens with zero attached hydrogens (tertiary/aromatic N) is 1. The number of imide groups is 1. The molecular formula is C19H23NO6. The van der Waals surface area contributed by atoms with Crippen LogP contribution >= 0.6 is 0 Å². The summed E-state index contributed by atoms with van der Waals surface area (Å²) in [6.07, 6.45) is 5.04. The Morgan fingerprint density at radius 3 is 1.73 bits per heavy atom. The fourth-order valence-electron chi connectivity index (χ4n) is 2.39. The molecule has 0 spiro atoms. The first kappa shape index (κ1) is 20.1. The lowest BCUT2D eigenvalue weighted by Crippen LogP contribution is -2.33. The van der Waals surface area contributed by atoms with E-state index in [1.165, 1.54) is 4.90 Å². The van der Waals surface area contributed by atoms with Crippen molar-refractivity contribution in [1.82, 2.24) is 4.90 Å². The largest absolute Gasteiger partial charge is 0.377 e. The highest BCUT2D eigenvalue weighted by Crippen LogP contribution is 2.21. The Balaban J connectivity index is 1.46. The summed E-state index contributed by atoms with van der Waals surface area (Å²) >= 11 is 0. The molecule has 0 bridgehead atoms. The van der Waals surface area contributed by atoms with E-state index in [1.807, 2.05) is 0 Å². The number of rotatable bonds is 13. The molecule has 0 atom stereocenters. The summed E-state index contributed by atoms with van der Waals surface area (Å²) in [5.74, 6) is 1.83. The van der Waals surface area contributed by atoms with E-state index < -0.39 is 0 Å². The number of terminal acetylenes is 1. The summed E-state index contributed by atoms with van der Waals surface area (Å²) < 4.78 is 21.1. The summed E-state index contributed by atoms with van der Waals surface area (Å²) in [4.78, 5) is 25.5. The monoisotopic (exact) mass is 361 g/mol. The quantitative estimate of drug-likeness (QED) is 0.296. The number of hydrogen-bond donors (Lipinski definition) is 0. The van der Waals surface area contributed by atoms with Gasteiger partial charge in [-0.3, -0.25) is 14.5 Å². The van der Waals surface area contributed by atoms with Gasteiger partial charge in [-0.2, -0.15) is 0 Å². The number of carbonyl (C=O) groups excluding carboxylic acids is 2. The lowest BCUT2D eigenvalue weighted by molar-refractivity contribution is -0.000390.